The molecule has 4 N–H and O–H groups in total. The first-order valence-electron chi connectivity index (χ1n) is 16.8. The fraction of sp³-hybridized carbons (Fsp3) is 0.447. The molecule has 1 saturated heterocycles. The van der Waals surface area contributed by atoms with E-state index in [9.17, 15) is 24.0 Å². The first-order valence-corrected chi connectivity index (χ1v) is 16.8. The minimum Gasteiger partial charge on any atom is -0.346 e. The van der Waals surface area contributed by atoms with E-state index in [0.29, 0.717) is 25.8 Å². The Bertz CT molecular complexity index is 1550. The van der Waals surface area contributed by atoms with Crippen molar-refractivity contribution in [1.29, 1.82) is 0 Å². The van der Waals surface area contributed by atoms with Gasteiger partial charge in [0.05, 0.1) is 12.1 Å². The van der Waals surface area contributed by atoms with Crippen LogP contribution >= 0.6 is 0 Å². The Morgan fingerprint density at radius 3 is 2.19 bits per heavy atom. The third kappa shape index (κ3) is 7.22. The van der Waals surface area contributed by atoms with E-state index in [1.807, 2.05) is 61.5 Å². The van der Waals surface area contributed by atoms with Crippen LogP contribution < -0.4 is 21.3 Å². The van der Waals surface area contributed by atoms with Gasteiger partial charge in [-0.3, -0.25) is 19.2 Å². The zero-order chi connectivity index (χ0) is 34.6. The number of ketones is 1. The number of urea groups is 1. The van der Waals surface area contributed by atoms with Crippen LogP contribution in [0, 0.1) is 23.2 Å². The molecule has 4 unspecified atom stereocenters. The molecule has 0 aromatic heterocycles. The highest BCUT2D eigenvalue weighted by Crippen LogP contribution is 2.65. The van der Waals surface area contributed by atoms with Gasteiger partial charge in [0.15, 0.2) is 0 Å². The predicted molar refractivity (Wildman–Crippen MR) is 183 cm³/mol. The lowest BCUT2D eigenvalue weighted by atomic mass is 9.93. The summed E-state index contributed by atoms with van der Waals surface area (Å²) < 4.78 is 0. The Morgan fingerprint density at radius 2 is 1.56 bits per heavy atom. The Kier molecular flexibility index (Phi) is 10.5. The summed E-state index contributed by atoms with van der Waals surface area (Å²) in [5.74, 6) is -2.62. The largest absolute Gasteiger partial charge is 0.346 e. The van der Waals surface area contributed by atoms with Crippen LogP contribution in [0.1, 0.15) is 56.3 Å². The highest BCUT2D eigenvalue weighted by Gasteiger charge is 2.69. The summed E-state index contributed by atoms with van der Waals surface area (Å²) in [4.78, 5) is 69.5. The number of hydrogen-bond donors (Lipinski definition) is 4. The molecule has 0 radical (unpaired) electrons. The van der Waals surface area contributed by atoms with Gasteiger partial charge < -0.3 is 26.2 Å². The number of nitrogens with one attached hydrogen (secondary N) is 4. The number of nitrogens with zero attached hydrogens (tertiary/aromatic N) is 1. The van der Waals surface area contributed by atoms with E-state index >= 15 is 0 Å². The van der Waals surface area contributed by atoms with Crippen molar-refractivity contribution in [3.05, 3.63) is 96.6 Å². The van der Waals surface area contributed by atoms with Crippen molar-refractivity contribution in [2.24, 2.45) is 23.2 Å². The summed E-state index contributed by atoms with van der Waals surface area (Å²) in [7, 11) is 0. The molecule has 5 amide bonds. The Labute approximate surface area is 282 Å². The minimum absolute atomic E-state index is 0.0868. The summed E-state index contributed by atoms with van der Waals surface area (Å²) in [5.41, 5.74) is 3.02. The van der Waals surface area contributed by atoms with Crippen LogP contribution in [0.25, 0.3) is 0 Å². The van der Waals surface area contributed by atoms with Gasteiger partial charge >= 0.3 is 6.03 Å². The normalized spacial score (nSPS) is 22.2. The standard InChI is InChI=1S/C38H47N5O5/c1-6-8-18-29(33(44)35(46)39-19-7-2)41-34(45)32-30-28(38(30,4)5)22-43(32)36(47)31(27-20-25-16-12-13-17-26(25)21-27)42-37(48)40-23(3)24-14-10-9-11-15-24/h6-7,9-17,23,27-32H,1-2,8,18-22H2,3-5H3,(H,39,46)(H,41,45)(H2,40,42,48)/t23?,28?,29?,30?,31-,32-/m0/s1. The molecule has 5 rings (SSSR count). The number of rotatable bonds is 14. The minimum atomic E-state index is -1.08. The molecular weight excluding hydrogens is 606 g/mol. The molecule has 3 aliphatic rings. The molecule has 254 valence electrons. The van der Waals surface area contributed by atoms with E-state index in [0.717, 1.165) is 16.7 Å². The lowest BCUT2D eigenvalue weighted by molar-refractivity contribution is -0.144. The van der Waals surface area contributed by atoms with E-state index in [4.69, 9.17) is 0 Å². The number of amides is 5. The van der Waals surface area contributed by atoms with Crippen LogP contribution in [0.2, 0.25) is 0 Å². The zero-order valence-electron chi connectivity index (χ0n) is 28.0. The fourth-order valence-corrected chi connectivity index (χ4v) is 7.63. The van der Waals surface area contributed by atoms with Gasteiger partial charge in [0.2, 0.25) is 17.6 Å². The first-order chi connectivity index (χ1) is 23.0. The van der Waals surface area contributed by atoms with Gasteiger partial charge in [-0.1, -0.05) is 80.6 Å². The molecule has 0 bridgehead atoms. The second-order valence-electron chi connectivity index (χ2n) is 13.8. The number of likely N-dealkylation sites (tertiary alicyclic amines) is 1. The van der Waals surface area contributed by atoms with Gasteiger partial charge in [-0.2, -0.15) is 0 Å². The van der Waals surface area contributed by atoms with Crippen LogP contribution in [-0.2, 0) is 32.0 Å². The average molecular weight is 654 g/mol. The lowest BCUT2D eigenvalue weighted by Gasteiger charge is -2.35. The number of carbonyl (C=O) groups is 5. The van der Waals surface area contributed by atoms with E-state index in [2.05, 4.69) is 48.3 Å². The van der Waals surface area contributed by atoms with Gasteiger partial charge in [-0.15, -0.1) is 13.2 Å². The summed E-state index contributed by atoms with van der Waals surface area (Å²) in [6.07, 6.45) is 4.91. The maximum atomic E-state index is 14.6. The topological polar surface area (TPSA) is 137 Å². The maximum absolute atomic E-state index is 14.6. The van der Waals surface area contributed by atoms with Crippen LogP contribution in [0.4, 0.5) is 4.79 Å². The molecule has 10 nitrogen and oxygen atoms in total. The molecule has 1 aliphatic heterocycles. The summed E-state index contributed by atoms with van der Waals surface area (Å²) in [6, 6.07) is 14.0. The Balaban J connectivity index is 1.38. The van der Waals surface area contributed by atoms with E-state index in [-0.39, 0.29) is 48.1 Å². The van der Waals surface area contributed by atoms with Crippen molar-refractivity contribution >= 4 is 29.5 Å². The van der Waals surface area contributed by atoms with Gasteiger partial charge in [0, 0.05) is 13.1 Å². The molecule has 1 heterocycles. The molecule has 10 heteroatoms. The maximum Gasteiger partial charge on any atom is 0.315 e. The summed E-state index contributed by atoms with van der Waals surface area (Å²) >= 11 is 0. The highest BCUT2D eigenvalue weighted by atomic mass is 16.2. The number of piperidine rings is 1. The monoisotopic (exact) mass is 653 g/mol. The molecule has 2 aromatic rings. The average Bonchev–Trinajstić information content (AvgIpc) is 3.44. The molecule has 1 saturated carbocycles. The van der Waals surface area contributed by atoms with E-state index in [1.54, 1.807) is 11.0 Å². The lowest BCUT2D eigenvalue weighted by Crippen LogP contribution is -2.60. The molecular formula is C38H47N5O5. The van der Waals surface area contributed by atoms with Crippen molar-refractivity contribution in [2.45, 2.75) is 70.6 Å². The Hall–Kier alpha value is -4.73. The van der Waals surface area contributed by atoms with Crippen molar-refractivity contribution in [3.63, 3.8) is 0 Å². The van der Waals surface area contributed by atoms with E-state index < -0.39 is 41.8 Å². The second kappa shape index (κ2) is 14.6. The number of benzene rings is 2. The van der Waals surface area contributed by atoms with Crippen LogP contribution in [0.3, 0.4) is 0 Å². The van der Waals surface area contributed by atoms with Crippen LogP contribution in [0.15, 0.2) is 79.9 Å². The number of carbonyl (C=O) groups excluding carboxylic acids is 5. The number of allylic oxidation sites excluding steroid dienone is 1. The molecule has 0 spiro atoms. The van der Waals surface area contributed by atoms with Gasteiger partial charge in [-0.05, 0) is 72.5 Å². The smallest absolute Gasteiger partial charge is 0.315 e. The zero-order valence-corrected chi connectivity index (χ0v) is 28.0. The molecule has 48 heavy (non-hydrogen) atoms. The fourth-order valence-electron chi connectivity index (χ4n) is 7.63. The van der Waals surface area contributed by atoms with E-state index in [1.165, 1.54) is 6.08 Å². The second-order valence-corrected chi connectivity index (χ2v) is 13.8. The number of hydrogen-bond acceptors (Lipinski definition) is 5. The van der Waals surface area contributed by atoms with Crippen LogP contribution in [-0.4, -0.2) is 65.7 Å². The third-order valence-corrected chi connectivity index (χ3v) is 10.4. The summed E-state index contributed by atoms with van der Waals surface area (Å²) in [5, 5.41) is 11.3. The van der Waals surface area contributed by atoms with Crippen molar-refractivity contribution in [1.82, 2.24) is 26.2 Å². The molecule has 6 atom stereocenters. The predicted octanol–water partition coefficient (Wildman–Crippen LogP) is 3.64. The quantitative estimate of drug-likeness (QED) is 0.182. The Morgan fingerprint density at radius 1 is 0.917 bits per heavy atom. The van der Waals surface area contributed by atoms with Gasteiger partial charge in [0.25, 0.3) is 5.91 Å². The third-order valence-electron chi connectivity index (χ3n) is 10.4. The number of Topliss-reactive ketones (excluding diaryl/α,β-unsaturated/α-hetero) is 1. The van der Waals surface area contributed by atoms with Crippen molar-refractivity contribution in [3.8, 4) is 0 Å². The van der Waals surface area contributed by atoms with Crippen molar-refractivity contribution in [2.75, 3.05) is 13.1 Å². The van der Waals surface area contributed by atoms with Gasteiger partial charge in [0.1, 0.15) is 12.1 Å². The summed E-state index contributed by atoms with van der Waals surface area (Å²) in [6.45, 7) is 13.8. The van der Waals surface area contributed by atoms with Crippen molar-refractivity contribution < 1.29 is 24.0 Å². The number of fused-ring (bicyclic) bond motifs is 2. The molecule has 2 fully saturated rings. The first kappa shape index (κ1) is 34.6. The van der Waals surface area contributed by atoms with Crippen LogP contribution in [0.5, 0.6) is 0 Å². The molecule has 2 aliphatic carbocycles. The highest BCUT2D eigenvalue weighted by molar-refractivity contribution is 6.38. The van der Waals surface area contributed by atoms with Gasteiger partial charge in [-0.25, -0.2) is 4.79 Å². The molecule has 2 aromatic carbocycles. The SMILES string of the molecule is C=CCCC(NC(=O)[C@@H]1C2C(CN1C(=O)[C@@H](NC(=O)NC(C)c1ccccc1)C1Cc3ccccc3C1)C2(C)C)C(=O)C(=O)NCC=C.